The number of aromatic nitrogens is 4. The van der Waals surface area contributed by atoms with Crippen LogP contribution in [0.15, 0.2) is 17.0 Å². The van der Waals surface area contributed by atoms with Crippen LogP contribution in [-0.4, -0.2) is 76.0 Å². The van der Waals surface area contributed by atoms with Crippen LogP contribution in [-0.2, 0) is 14.8 Å². The Bertz CT molecular complexity index is 1650. The Hall–Kier alpha value is -2.91. The highest BCUT2D eigenvalue weighted by molar-refractivity contribution is 7.89. The summed E-state index contributed by atoms with van der Waals surface area (Å²) in [5, 5.41) is 12.6. The van der Waals surface area contributed by atoms with E-state index in [1.54, 1.807) is 21.5 Å². The summed E-state index contributed by atoms with van der Waals surface area (Å²) >= 11 is 0.795. The second-order valence-corrected chi connectivity index (χ2v) is 14.8. The first-order chi connectivity index (χ1) is 18.9. The lowest BCUT2D eigenvalue weighted by atomic mass is 9.96. The predicted octanol–water partition coefficient (Wildman–Crippen LogP) is 3.92. The van der Waals surface area contributed by atoms with Crippen LogP contribution in [0.4, 0.5) is 19.4 Å². The standard InChI is InChI=1S/C25H29F2N7O4S2/c1-24(2)12-32(10-14-11-38-23(35)33(14)24)17-9-15(40(36,37)31-25(3)6-7-25)8-16-18(19(13-4-5-13)30-34(16)17)21-28-29-22(39-21)20(26)27/h8-9,13-14,20,31H,4-7,10-12H2,1-3H3. The van der Waals surface area contributed by atoms with Crippen molar-refractivity contribution in [3.8, 4) is 10.6 Å². The van der Waals surface area contributed by atoms with Crippen molar-refractivity contribution in [2.24, 2.45) is 0 Å². The Balaban J connectivity index is 1.43. The second kappa shape index (κ2) is 8.55. The Morgan fingerprint density at radius 2 is 1.93 bits per heavy atom. The zero-order chi connectivity index (χ0) is 28.2. The van der Waals surface area contributed by atoms with E-state index in [-0.39, 0.29) is 34.6 Å². The molecule has 2 aliphatic heterocycles. The van der Waals surface area contributed by atoms with Gasteiger partial charge in [-0.05, 0) is 52.5 Å². The highest BCUT2D eigenvalue weighted by atomic mass is 32.2. The molecule has 214 valence electrons. The van der Waals surface area contributed by atoms with Crippen molar-refractivity contribution < 1.29 is 26.7 Å². The number of rotatable bonds is 7. The monoisotopic (exact) mass is 593 g/mol. The molecule has 2 saturated carbocycles. The van der Waals surface area contributed by atoms with E-state index in [0.717, 1.165) is 37.0 Å². The number of alkyl halides is 2. The highest BCUT2D eigenvalue weighted by Gasteiger charge is 2.49. The van der Waals surface area contributed by atoms with Gasteiger partial charge < -0.3 is 9.64 Å². The average molecular weight is 594 g/mol. The van der Waals surface area contributed by atoms with Crippen LogP contribution < -0.4 is 9.62 Å². The quantitative estimate of drug-likeness (QED) is 0.438. The number of anilines is 1. The van der Waals surface area contributed by atoms with E-state index in [9.17, 15) is 22.0 Å². The number of sulfonamides is 1. The summed E-state index contributed by atoms with van der Waals surface area (Å²) in [6, 6.07) is 2.95. The molecule has 40 heavy (non-hydrogen) atoms. The molecule has 11 nitrogen and oxygen atoms in total. The highest BCUT2D eigenvalue weighted by Crippen LogP contribution is 2.47. The number of amides is 1. The maximum Gasteiger partial charge on any atom is 0.410 e. The number of carbonyl (C=O) groups excluding carboxylic acids is 1. The van der Waals surface area contributed by atoms with Crippen LogP contribution in [0, 0.1) is 0 Å². The Labute approximate surface area is 233 Å². The first kappa shape index (κ1) is 26.0. The maximum absolute atomic E-state index is 13.7. The maximum atomic E-state index is 13.7. The molecule has 7 rings (SSSR count). The Morgan fingerprint density at radius 1 is 1.18 bits per heavy atom. The number of halogens is 2. The smallest absolute Gasteiger partial charge is 0.410 e. The van der Waals surface area contributed by atoms with Gasteiger partial charge in [0, 0.05) is 30.6 Å². The molecule has 2 aliphatic carbocycles. The SMILES string of the molecule is CC1(NS(=O)(=O)c2cc(N3CC4COC(=O)N4C(C)(C)C3)n3nc(C4CC4)c(-c4nnc(C(F)F)s4)c3c2)CC1. The fourth-order valence-electron chi connectivity index (χ4n) is 5.83. The summed E-state index contributed by atoms with van der Waals surface area (Å²) in [6.45, 7) is 6.82. The van der Waals surface area contributed by atoms with Crippen LogP contribution in [0.2, 0.25) is 0 Å². The average Bonchev–Trinajstić information content (AvgIpc) is 3.68. The van der Waals surface area contributed by atoms with E-state index in [4.69, 9.17) is 9.84 Å². The van der Waals surface area contributed by atoms with Gasteiger partial charge in [-0.1, -0.05) is 11.3 Å². The molecule has 3 aromatic rings. The first-order valence-electron chi connectivity index (χ1n) is 13.3. The van der Waals surface area contributed by atoms with Crippen molar-refractivity contribution in [2.75, 3.05) is 24.6 Å². The van der Waals surface area contributed by atoms with Crippen LogP contribution in [0.25, 0.3) is 16.1 Å². The normalized spacial score (nSPS) is 23.6. The molecule has 4 fully saturated rings. The Kier molecular flexibility index (Phi) is 5.56. The zero-order valence-corrected chi connectivity index (χ0v) is 23.9. The third kappa shape index (κ3) is 4.24. The number of carbonyl (C=O) groups is 1. The van der Waals surface area contributed by atoms with Crippen molar-refractivity contribution in [1.29, 1.82) is 0 Å². The van der Waals surface area contributed by atoms with E-state index in [2.05, 4.69) is 14.9 Å². The minimum Gasteiger partial charge on any atom is -0.447 e. The van der Waals surface area contributed by atoms with E-state index in [1.165, 1.54) is 0 Å². The van der Waals surface area contributed by atoms with Gasteiger partial charge in [0.05, 0.1) is 33.3 Å². The molecule has 1 atom stereocenters. The van der Waals surface area contributed by atoms with Gasteiger partial charge >= 0.3 is 6.09 Å². The van der Waals surface area contributed by atoms with E-state index in [0.29, 0.717) is 35.7 Å². The summed E-state index contributed by atoms with van der Waals surface area (Å²) in [7, 11) is -3.93. The summed E-state index contributed by atoms with van der Waals surface area (Å²) in [6.07, 6.45) is 0.163. The molecule has 3 aromatic heterocycles. The van der Waals surface area contributed by atoms with Gasteiger partial charge in [0.15, 0.2) is 10.0 Å². The van der Waals surface area contributed by atoms with Crippen molar-refractivity contribution >= 4 is 38.8 Å². The van der Waals surface area contributed by atoms with E-state index < -0.39 is 32.5 Å². The van der Waals surface area contributed by atoms with Crippen LogP contribution in [0.3, 0.4) is 0 Å². The summed E-state index contributed by atoms with van der Waals surface area (Å²) < 4.78 is 64.1. The molecule has 15 heteroatoms. The molecule has 0 bridgehead atoms. The topological polar surface area (TPSA) is 122 Å². The van der Waals surface area contributed by atoms with Crippen molar-refractivity contribution in [3.63, 3.8) is 0 Å². The zero-order valence-electron chi connectivity index (χ0n) is 22.2. The third-order valence-electron chi connectivity index (χ3n) is 8.16. The fraction of sp³-hybridized carbons (Fsp3) is 0.600. The number of nitrogens with one attached hydrogen (secondary N) is 1. The van der Waals surface area contributed by atoms with Crippen LogP contribution >= 0.6 is 11.3 Å². The molecule has 0 radical (unpaired) electrons. The minimum atomic E-state index is -3.93. The molecule has 1 unspecified atom stereocenters. The van der Waals surface area contributed by atoms with Gasteiger partial charge in [0.1, 0.15) is 12.4 Å². The molecular formula is C25H29F2N7O4S2. The van der Waals surface area contributed by atoms with Gasteiger partial charge in [-0.15, -0.1) is 10.2 Å². The molecule has 0 aromatic carbocycles. The summed E-state index contributed by atoms with van der Waals surface area (Å²) in [5.74, 6) is 0.664. The van der Waals surface area contributed by atoms with Crippen molar-refractivity contribution in [3.05, 3.63) is 22.8 Å². The number of fused-ring (bicyclic) bond motifs is 2. The lowest BCUT2D eigenvalue weighted by molar-refractivity contribution is 0.103. The van der Waals surface area contributed by atoms with Gasteiger partial charge in [-0.3, -0.25) is 4.90 Å². The molecule has 1 N–H and O–H groups in total. The molecule has 2 saturated heterocycles. The van der Waals surface area contributed by atoms with Gasteiger partial charge in [-0.2, -0.15) is 5.10 Å². The van der Waals surface area contributed by atoms with Gasteiger partial charge in [-0.25, -0.2) is 31.2 Å². The van der Waals surface area contributed by atoms with Gasteiger partial charge in [0.25, 0.3) is 6.43 Å². The minimum absolute atomic E-state index is 0.0594. The largest absolute Gasteiger partial charge is 0.447 e. The number of nitrogens with zero attached hydrogens (tertiary/aromatic N) is 6. The molecule has 1 amide bonds. The number of ether oxygens (including phenoxy) is 1. The lowest BCUT2D eigenvalue weighted by Gasteiger charge is -2.47. The second-order valence-electron chi connectivity index (χ2n) is 12.1. The van der Waals surface area contributed by atoms with Crippen LogP contribution in [0.1, 0.15) is 69.5 Å². The third-order valence-corrected chi connectivity index (χ3v) is 10.7. The molecule has 0 spiro atoms. The number of hydrogen-bond acceptors (Lipinski definition) is 9. The van der Waals surface area contributed by atoms with Crippen molar-refractivity contribution in [1.82, 2.24) is 29.4 Å². The number of piperazine rings is 1. The Morgan fingerprint density at radius 3 is 2.58 bits per heavy atom. The number of cyclic esters (lactones) is 1. The fourth-order valence-corrected chi connectivity index (χ4v) is 8.09. The number of pyridine rings is 1. The summed E-state index contributed by atoms with van der Waals surface area (Å²) in [4.78, 5) is 16.3. The van der Waals surface area contributed by atoms with Gasteiger partial charge in [0.2, 0.25) is 10.0 Å². The number of hydrogen-bond donors (Lipinski definition) is 1. The van der Waals surface area contributed by atoms with Crippen molar-refractivity contribution in [2.45, 2.75) is 80.8 Å². The summed E-state index contributed by atoms with van der Waals surface area (Å²) in [5.41, 5.74) is 0.621. The molecule has 4 aliphatic rings. The van der Waals surface area contributed by atoms with E-state index >= 15 is 0 Å². The lowest BCUT2D eigenvalue weighted by Crippen LogP contribution is -2.63. The predicted molar refractivity (Wildman–Crippen MR) is 142 cm³/mol. The van der Waals surface area contributed by atoms with E-state index in [1.807, 2.05) is 25.7 Å². The molecular weight excluding hydrogens is 564 g/mol. The first-order valence-corrected chi connectivity index (χ1v) is 15.6. The van der Waals surface area contributed by atoms with Crippen LogP contribution in [0.5, 0.6) is 0 Å². The molecule has 5 heterocycles.